The number of aliphatic hydroxyl groups is 1. The van der Waals surface area contributed by atoms with Crippen LogP contribution in [0.4, 0.5) is 4.39 Å². The first-order valence-electron chi connectivity index (χ1n) is 4.60. The number of rotatable bonds is 3. The number of carbonyl (C=O) groups excluding carboxylic acids is 1. The van der Waals surface area contributed by atoms with Crippen LogP contribution in [0.1, 0.15) is 10.6 Å². The molecule has 88 valence electrons. The highest BCUT2D eigenvalue weighted by molar-refractivity contribution is 7.09. The fourth-order valence-electron chi connectivity index (χ4n) is 1.39. The predicted octanol–water partition coefficient (Wildman–Crippen LogP) is 0.398. The summed E-state index contributed by atoms with van der Waals surface area (Å²) in [5, 5.41) is 17.5. The Labute approximate surface area is 99.7 Å². The van der Waals surface area contributed by atoms with Gasteiger partial charge < -0.3 is 10.8 Å². The van der Waals surface area contributed by atoms with Gasteiger partial charge in [0.05, 0.1) is 0 Å². The molecular weight excluding hydrogens is 245 g/mol. The molecule has 1 amide bonds. The Hall–Kier alpha value is -1.86. The van der Waals surface area contributed by atoms with Gasteiger partial charge in [-0.05, 0) is 12.1 Å². The molecule has 1 unspecified atom stereocenters. The first-order chi connectivity index (χ1) is 8.05. The van der Waals surface area contributed by atoms with E-state index in [1.54, 1.807) is 0 Å². The molecule has 17 heavy (non-hydrogen) atoms. The lowest BCUT2D eigenvalue weighted by Gasteiger charge is -2.21. The maximum Gasteiger partial charge on any atom is 0.261 e. The summed E-state index contributed by atoms with van der Waals surface area (Å²) < 4.78 is 12.8. The second-order valence-electron chi connectivity index (χ2n) is 3.33. The van der Waals surface area contributed by atoms with Crippen molar-refractivity contribution >= 4 is 17.2 Å². The van der Waals surface area contributed by atoms with E-state index in [1.807, 2.05) is 0 Å². The third-order valence-electron chi connectivity index (χ3n) is 2.29. The van der Waals surface area contributed by atoms with Crippen LogP contribution in [0.25, 0.3) is 0 Å². The number of aromatic nitrogens is 2. The van der Waals surface area contributed by atoms with Gasteiger partial charge in [-0.2, -0.15) is 0 Å². The van der Waals surface area contributed by atoms with E-state index in [2.05, 4.69) is 10.2 Å². The van der Waals surface area contributed by atoms with E-state index in [0.29, 0.717) is 0 Å². The predicted molar refractivity (Wildman–Crippen MR) is 58.5 cm³/mol. The number of halogens is 1. The zero-order valence-electron chi connectivity index (χ0n) is 8.50. The molecule has 0 saturated heterocycles. The lowest BCUT2D eigenvalue weighted by Crippen LogP contribution is -2.42. The minimum atomic E-state index is -2.07. The topological polar surface area (TPSA) is 89.1 Å². The molecule has 2 rings (SSSR count). The molecule has 7 heteroatoms. The van der Waals surface area contributed by atoms with Crippen LogP contribution < -0.4 is 5.73 Å². The summed E-state index contributed by atoms with van der Waals surface area (Å²) in [7, 11) is 0. The fraction of sp³-hybridized carbons (Fsp3) is 0.100. The zero-order chi connectivity index (χ0) is 12.5. The van der Waals surface area contributed by atoms with E-state index in [0.717, 1.165) is 23.5 Å². The molecule has 1 aromatic heterocycles. The normalized spacial score (nSPS) is 14.2. The van der Waals surface area contributed by atoms with Gasteiger partial charge in [0.1, 0.15) is 11.3 Å². The van der Waals surface area contributed by atoms with E-state index in [-0.39, 0.29) is 10.6 Å². The summed E-state index contributed by atoms with van der Waals surface area (Å²) in [5.74, 6) is -1.46. The highest BCUT2D eigenvalue weighted by Gasteiger charge is 2.41. The van der Waals surface area contributed by atoms with E-state index in [9.17, 15) is 14.3 Å². The molecule has 0 aliphatic heterocycles. The minimum absolute atomic E-state index is 0.0524. The molecule has 1 aromatic carbocycles. The van der Waals surface area contributed by atoms with Gasteiger partial charge in [0.25, 0.3) is 5.91 Å². The number of primary amides is 1. The highest BCUT2D eigenvalue weighted by atomic mass is 32.1. The molecule has 2 aromatic rings. The van der Waals surface area contributed by atoms with Crippen LogP contribution in [0.5, 0.6) is 0 Å². The third kappa shape index (κ3) is 1.90. The molecule has 0 bridgehead atoms. The number of amides is 1. The number of nitrogens with two attached hydrogens (primary N) is 1. The summed E-state index contributed by atoms with van der Waals surface area (Å²) in [5.41, 5.74) is 4.64. The quantitative estimate of drug-likeness (QED) is 0.828. The molecule has 0 fully saturated rings. The second-order valence-corrected chi connectivity index (χ2v) is 4.16. The van der Waals surface area contributed by atoms with E-state index < -0.39 is 17.3 Å². The van der Waals surface area contributed by atoms with Crippen molar-refractivity contribution in [1.82, 2.24) is 10.2 Å². The van der Waals surface area contributed by atoms with E-state index >= 15 is 0 Å². The summed E-state index contributed by atoms with van der Waals surface area (Å²) in [6.45, 7) is 0. The first kappa shape index (κ1) is 11.6. The van der Waals surface area contributed by atoms with Gasteiger partial charge >= 0.3 is 0 Å². The lowest BCUT2D eigenvalue weighted by atomic mass is 9.94. The standard InChI is InChI=1S/C10H8FN3O2S/c11-7-3-1-6(2-4-7)10(16,8(12)15)9-14-13-5-17-9/h1-5,16H,(H2,12,15). The first-order valence-corrected chi connectivity index (χ1v) is 5.48. The number of hydrogen-bond acceptors (Lipinski definition) is 5. The Morgan fingerprint density at radius 3 is 2.53 bits per heavy atom. The van der Waals surface area contributed by atoms with Gasteiger partial charge in [0, 0.05) is 5.56 Å². The van der Waals surface area contributed by atoms with Crippen molar-refractivity contribution in [2.24, 2.45) is 5.73 Å². The third-order valence-corrected chi connectivity index (χ3v) is 3.09. The van der Waals surface area contributed by atoms with Crippen LogP contribution in [0.3, 0.4) is 0 Å². The molecule has 3 N–H and O–H groups in total. The van der Waals surface area contributed by atoms with Crippen molar-refractivity contribution in [3.05, 3.63) is 46.2 Å². The van der Waals surface area contributed by atoms with Gasteiger partial charge in [-0.25, -0.2) is 4.39 Å². The number of hydrogen-bond donors (Lipinski definition) is 2. The zero-order valence-corrected chi connectivity index (χ0v) is 9.32. The number of carbonyl (C=O) groups is 1. The van der Waals surface area contributed by atoms with Crippen LogP contribution in [-0.4, -0.2) is 21.2 Å². The summed E-state index contributed by atoms with van der Waals surface area (Å²) in [4.78, 5) is 11.4. The van der Waals surface area contributed by atoms with Crippen LogP contribution in [0, 0.1) is 5.82 Å². The molecular formula is C10H8FN3O2S. The van der Waals surface area contributed by atoms with Crippen molar-refractivity contribution in [3.8, 4) is 0 Å². The fourth-order valence-corrected chi connectivity index (χ4v) is 2.07. The Bertz CT molecular complexity index is 529. The second kappa shape index (κ2) is 4.19. The highest BCUT2D eigenvalue weighted by Crippen LogP contribution is 2.30. The SMILES string of the molecule is NC(=O)C(O)(c1ccc(F)cc1)c1nncs1. The van der Waals surface area contributed by atoms with Crippen molar-refractivity contribution < 1.29 is 14.3 Å². The molecule has 5 nitrogen and oxygen atoms in total. The van der Waals surface area contributed by atoms with Crippen molar-refractivity contribution in [2.75, 3.05) is 0 Å². The maximum absolute atomic E-state index is 12.8. The average Bonchev–Trinajstić information content (AvgIpc) is 2.82. The summed E-state index contributed by atoms with van der Waals surface area (Å²) in [6.07, 6.45) is 0. The monoisotopic (exact) mass is 253 g/mol. The molecule has 1 heterocycles. The van der Waals surface area contributed by atoms with Gasteiger partial charge in [-0.1, -0.05) is 12.1 Å². The molecule has 1 atom stereocenters. The van der Waals surface area contributed by atoms with Gasteiger partial charge in [-0.3, -0.25) is 4.79 Å². The van der Waals surface area contributed by atoms with Gasteiger partial charge in [0.15, 0.2) is 5.01 Å². The lowest BCUT2D eigenvalue weighted by molar-refractivity contribution is -0.133. The van der Waals surface area contributed by atoms with E-state index in [4.69, 9.17) is 5.73 Å². The van der Waals surface area contributed by atoms with Crippen LogP contribution in [0.2, 0.25) is 0 Å². The van der Waals surface area contributed by atoms with E-state index in [1.165, 1.54) is 17.6 Å². The summed E-state index contributed by atoms with van der Waals surface area (Å²) in [6, 6.07) is 4.82. The Balaban J connectivity index is 2.56. The smallest absolute Gasteiger partial charge is 0.261 e. The van der Waals surface area contributed by atoms with Gasteiger partial charge in [-0.15, -0.1) is 21.5 Å². The van der Waals surface area contributed by atoms with Crippen LogP contribution >= 0.6 is 11.3 Å². The summed E-state index contributed by atoms with van der Waals surface area (Å²) >= 11 is 0.990. The largest absolute Gasteiger partial charge is 0.370 e. The van der Waals surface area contributed by atoms with Crippen molar-refractivity contribution in [3.63, 3.8) is 0 Å². The number of benzene rings is 1. The Kier molecular flexibility index (Phi) is 2.86. The molecule has 0 saturated carbocycles. The van der Waals surface area contributed by atoms with Crippen LogP contribution in [0.15, 0.2) is 29.8 Å². The average molecular weight is 253 g/mol. The molecule has 0 spiro atoms. The van der Waals surface area contributed by atoms with Crippen LogP contribution in [-0.2, 0) is 10.4 Å². The minimum Gasteiger partial charge on any atom is -0.370 e. The van der Waals surface area contributed by atoms with Crippen molar-refractivity contribution in [1.29, 1.82) is 0 Å². The van der Waals surface area contributed by atoms with Crippen molar-refractivity contribution in [2.45, 2.75) is 5.60 Å². The maximum atomic E-state index is 12.8. The molecule has 0 aliphatic rings. The Morgan fingerprint density at radius 1 is 1.41 bits per heavy atom. The Morgan fingerprint density at radius 2 is 2.06 bits per heavy atom. The van der Waals surface area contributed by atoms with Gasteiger partial charge in [0.2, 0.25) is 5.60 Å². The molecule has 0 radical (unpaired) electrons. The molecule has 0 aliphatic carbocycles. The number of nitrogens with zero attached hydrogens (tertiary/aromatic N) is 2.